The van der Waals surface area contributed by atoms with Crippen LogP contribution in [0, 0.1) is 0 Å². The fraction of sp³-hybridized carbons (Fsp3) is 0.316. The van der Waals surface area contributed by atoms with Crippen molar-refractivity contribution in [2.75, 3.05) is 31.1 Å². The number of phenols is 1. The zero-order valence-electron chi connectivity index (χ0n) is 15.4. The Kier molecular flexibility index (Phi) is 5.10. The summed E-state index contributed by atoms with van der Waals surface area (Å²) in [5, 5.41) is 21.6. The summed E-state index contributed by atoms with van der Waals surface area (Å²) in [5.74, 6) is 0.813. The lowest BCUT2D eigenvalue weighted by molar-refractivity contribution is -0.137. The minimum Gasteiger partial charge on any atom is -0.506 e. The van der Waals surface area contributed by atoms with E-state index in [2.05, 4.69) is 25.3 Å². The third-order valence-electron chi connectivity index (χ3n) is 4.93. The van der Waals surface area contributed by atoms with Gasteiger partial charge in [-0.25, -0.2) is 0 Å². The summed E-state index contributed by atoms with van der Waals surface area (Å²) in [6.45, 7) is 3.43. The highest BCUT2D eigenvalue weighted by molar-refractivity contribution is 5.57. The smallest absolute Gasteiger partial charge is 0.416 e. The molecule has 0 aliphatic carbocycles. The number of para-hydroxylation sites is 2. The highest BCUT2D eigenvalue weighted by Gasteiger charge is 2.30. The zero-order chi connectivity index (χ0) is 20.4. The van der Waals surface area contributed by atoms with Gasteiger partial charge in [0.25, 0.3) is 0 Å². The highest BCUT2D eigenvalue weighted by atomic mass is 19.4. The first-order valence-electron chi connectivity index (χ1n) is 9.12. The molecule has 10 heteroatoms. The van der Waals surface area contributed by atoms with Crippen LogP contribution in [-0.2, 0) is 12.7 Å². The molecule has 0 saturated carbocycles. The van der Waals surface area contributed by atoms with Crippen LogP contribution in [0.5, 0.6) is 5.75 Å². The maximum Gasteiger partial charge on any atom is 0.416 e. The van der Waals surface area contributed by atoms with Crippen molar-refractivity contribution in [1.29, 1.82) is 0 Å². The first kappa shape index (κ1) is 19.2. The van der Waals surface area contributed by atoms with Gasteiger partial charge < -0.3 is 10.0 Å². The van der Waals surface area contributed by atoms with Crippen LogP contribution < -0.4 is 4.90 Å². The Morgan fingerprint density at radius 1 is 0.931 bits per heavy atom. The molecule has 1 N–H and O–H groups in total. The molecule has 1 aliphatic heterocycles. The molecule has 2 aromatic carbocycles. The fourth-order valence-corrected chi connectivity index (χ4v) is 3.37. The molecular weight excluding hydrogens is 385 g/mol. The Balaban J connectivity index is 1.42. The number of rotatable bonds is 4. The van der Waals surface area contributed by atoms with Gasteiger partial charge in [0, 0.05) is 26.2 Å². The van der Waals surface area contributed by atoms with E-state index in [1.807, 2.05) is 12.1 Å². The largest absolute Gasteiger partial charge is 0.506 e. The highest BCUT2D eigenvalue weighted by Crippen LogP contribution is 2.30. The Morgan fingerprint density at radius 3 is 2.28 bits per heavy atom. The van der Waals surface area contributed by atoms with Gasteiger partial charge in [0.1, 0.15) is 5.75 Å². The summed E-state index contributed by atoms with van der Waals surface area (Å²) in [7, 11) is 0. The van der Waals surface area contributed by atoms with E-state index in [4.69, 9.17) is 0 Å². The van der Waals surface area contributed by atoms with Gasteiger partial charge in [-0.1, -0.05) is 12.1 Å². The molecule has 29 heavy (non-hydrogen) atoms. The SMILES string of the molecule is Oc1ccccc1N1CCN(Cc2nnnn2-c2ccc(C(F)(F)F)cc2)CC1. The number of benzene rings is 2. The third kappa shape index (κ3) is 4.16. The molecule has 1 aromatic heterocycles. The van der Waals surface area contributed by atoms with Crippen molar-refractivity contribution >= 4 is 5.69 Å². The van der Waals surface area contributed by atoms with Crippen molar-refractivity contribution in [3.05, 3.63) is 59.9 Å². The molecular formula is C19H19F3N6O. The molecule has 1 saturated heterocycles. The Labute approximate surface area is 165 Å². The number of halogens is 3. The van der Waals surface area contributed by atoms with Crippen LogP contribution in [0.4, 0.5) is 18.9 Å². The quantitative estimate of drug-likeness (QED) is 0.721. The molecule has 2 heterocycles. The lowest BCUT2D eigenvalue weighted by atomic mass is 10.2. The number of hydrogen-bond donors (Lipinski definition) is 1. The minimum absolute atomic E-state index is 0.257. The summed E-state index contributed by atoms with van der Waals surface area (Å²) in [4.78, 5) is 4.29. The van der Waals surface area contributed by atoms with Crippen molar-refractivity contribution in [2.24, 2.45) is 0 Å². The van der Waals surface area contributed by atoms with Crippen LogP contribution in [0.25, 0.3) is 5.69 Å². The predicted molar refractivity (Wildman–Crippen MR) is 99.8 cm³/mol. The van der Waals surface area contributed by atoms with E-state index in [1.54, 1.807) is 12.1 Å². The van der Waals surface area contributed by atoms with E-state index < -0.39 is 11.7 Å². The van der Waals surface area contributed by atoms with Gasteiger partial charge in [-0.15, -0.1) is 5.10 Å². The van der Waals surface area contributed by atoms with Crippen molar-refractivity contribution in [2.45, 2.75) is 12.7 Å². The van der Waals surface area contributed by atoms with Gasteiger partial charge in [0.2, 0.25) is 0 Å². The summed E-state index contributed by atoms with van der Waals surface area (Å²) >= 11 is 0. The number of aromatic hydroxyl groups is 1. The standard InChI is InChI=1S/C19H19F3N6O/c20-19(21,22)14-5-7-15(8-6-14)28-18(23-24-25-28)13-26-9-11-27(12-10-26)16-3-1-2-4-17(16)29/h1-8,29H,9-13H2. The average Bonchev–Trinajstić information content (AvgIpc) is 3.17. The van der Waals surface area contributed by atoms with Gasteiger partial charge >= 0.3 is 6.18 Å². The predicted octanol–water partition coefficient (Wildman–Crippen LogP) is 2.71. The molecule has 7 nitrogen and oxygen atoms in total. The van der Waals surface area contributed by atoms with Crippen LogP contribution in [0.1, 0.15) is 11.4 Å². The summed E-state index contributed by atoms with van der Waals surface area (Å²) in [6.07, 6.45) is -4.38. The van der Waals surface area contributed by atoms with Gasteiger partial charge in [0.15, 0.2) is 5.82 Å². The monoisotopic (exact) mass is 404 g/mol. The fourth-order valence-electron chi connectivity index (χ4n) is 3.37. The number of aromatic nitrogens is 4. The molecule has 3 aromatic rings. The van der Waals surface area contributed by atoms with Gasteiger partial charge in [-0.3, -0.25) is 4.90 Å². The Bertz CT molecular complexity index is 965. The average molecular weight is 404 g/mol. The van der Waals surface area contributed by atoms with E-state index in [1.165, 1.54) is 16.8 Å². The number of phenolic OH excluding ortho intramolecular Hbond substituents is 1. The number of piperazine rings is 1. The van der Waals surface area contributed by atoms with Crippen molar-refractivity contribution < 1.29 is 18.3 Å². The number of hydrogen-bond acceptors (Lipinski definition) is 6. The van der Waals surface area contributed by atoms with Crippen LogP contribution in [-0.4, -0.2) is 56.4 Å². The maximum atomic E-state index is 12.8. The van der Waals surface area contributed by atoms with E-state index in [-0.39, 0.29) is 5.75 Å². The lowest BCUT2D eigenvalue weighted by Gasteiger charge is -2.35. The first-order chi connectivity index (χ1) is 13.9. The van der Waals surface area contributed by atoms with Gasteiger partial charge in [0.05, 0.1) is 23.5 Å². The second kappa shape index (κ2) is 7.70. The summed E-state index contributed by atoms with van der Waals surface area (Å²) in [5.41, 5.74) is 0.573. The molecule has 0 spiro atoms. The number of tetrazole rings is 1. The minimum atomic E-state index is -4.38. The number of alkyl halides is 3. The van der Waals surface area contributed by atoms with Gasteiger partial charge in [-0.2, -0.15) is 17.9 Å². The van der Waals surface area contributed by atoms with Crippen LogP contribution in [0.15, 0.2) is 48.5 Å². The molecule has 152 valence electrons. The maximum absolute atomic E-state index is 12.8. The summed E-state index contributed by atoms with van der Waals surface area (Å²) in [6, 6.07) is 12.0. The Hall–Kier alpha value is -3.14. The normalized spacial score (nSPS) is 15.6. The molecule has 1 aliphatic rings. The topological polar surface area (TPSA) is 70.3 Å². The lowest BCUT2D eigenvalue weighted by Crippen LogP contribution is -2.46. The van der Waals surface area contributed by atoms with Crippen LogP contribution in [0.2, 0.25) is 0 Å². The number of nitrogens with zero attached hydrogens (tertiary/aromatic N) is 6. The van der Waals surface area contributed by atoms with E-state index in [9.17, 15) is 18.3 Å². The van der Waals surface area contributed by atoms with Gasteiger partial charge in [-0.05, 0) is 46.8 Å². The van der Waals surface area contributed by atoms with E-state index in [0.29, 0.717) is 18.1 Å². The molecule has 0 amide bonds. The molecule has 0 bridgehead atoms. The third-order valence-corrected chi connectivity index (χ3v) is 4.93. The second-order valence-corrected chi connectivity index (χ2v) is 6.80. The summed E-state index contributed by atoms with van der Waals surface area (Å²) < 4.78 is 39.7. The van der Waals surface area contributed by atoms with Crippen molar-refractivity contribution in [3.8, 4) is 11.4 Å². The van der Waals surface area contributed by atoms with Crippen LogP contribution >= 0.6 is 0 Å². The second-order valence-electron chi connectivity index (χ2n) is 6.80. The Morgan fingerprint density at radius 2 is 1.62 bits per heavy atom. The molecule has 1 fully saturated rings. The van der Waals surface area contributed by atoms with E-state index >= 15 is 0 Å². The molecule has 0 unspecified atom stereocenters. The van der Waals surface area contributed by atoms with E-state index in [0.717, 1.165) is 44.0 Å². The first-order valence-corrected chi connectivity index (χ1v) is 9.12. The van der Waals surface area contributed by atoms with Crippen molar-refractivity contribution in [1.82, 2.24) is 25.1 Å². The molecule has 0 radical (unpaired) electrons. The number of anilines is 1. The van der Waals surface area contributed by atoms with Crippen molar-refractivity contribution in [3.63, 3.8) is 0 Å². The van der Waals surface area contributed by atoms with Crippen LogP contribution in [0.3, 0.4) is 0 Å². The molecule has 4 rings (SSSR count). The molecule has 0 atom stereocenters. The zero-order valence-corrected chi connectivity index (χ0v) is 15.4.